The number of nitrogens with two attached hydrogens (primary N) is 1. The first-order valence-corrected chi connectivity index (χ1v) is 6.44. The summed E-state index contributed by atoms with van der Waals surface area (Å²) in [7, 11) is 0. The summed E-state index contributed by atoms with van der Waals surface area (Å²) in [6.45, 7) is 0.193. The molecule has 6 nitrogen and oxygen atoms in total. The van der Waals surface area contributed by atoms with Crippen LogP contribution in [0.5, 0.6) is 0 Å². The van der Waals surface area contributed by atoms with Crippen LogP contribution < -0.4 is 11.1 Å². The van der Waals surface area contributed by atoms with Crippen molar-refractivity contribution >= 4 is 11.9 Å². The van der Waals surface area contributed by atoms with Crippen LogP contribution in [0.25, 0.3) is 0 Å². The zero-order valence-corrected chi connectivity index (χ0v) is 10.5. The number of hydrogen-bond donors (Lipinski definition) is 4. The van der Waals surface area contributed by atoms with E-state index in [1.165, 1.54) is 0 Å². The van der Waals surface area contributed by atoms with E-state index in [2.05, 4.69) is 5.32 Å². The summed E-state index contributed by atoms with van der Waals surface area (Å²) in [4.78, 5) is 23.0. The molecular formula is C12H22N2O4. The molecule has 6 heteroatoms. The third-order valence-electron chi connectivity index (χ3n) is 3.58. The van der Waals surface area contributed by atoms with Crippen LogP contribution in [0.1, 0.15) is 32.1 Å². The Bertz CT molecular complexity index is 296. The Kier molecular flexibility index (Phi) is 6.07. The standard InChI is InChI=1S/C12H22N2O4/c13-7-8-3-1-2-4-9(8)11(16)14-10(5-6-15)12(17)18/h8-10,15H,1-7,13H2,(H,14,16)(H,17,18). The van der Waals surface area contributed by atoms with Crippen LogP contribution in [-0.2, 0) is 9.59 Å². The first-order chi connectivity index (χ1) is 8.60. The van der Waals surface area contributed by atoms with Crippen LogP contribution in [0, 0.1) is 11.8 Å². The molecule has 0 aromatic heterocycles. The maximum absolute atomic E-state index is 12.0. The molecule has 1 rings (SSSR count). The Hall–Kier alpha value is -1.14. The number of carboxylic acids is 1. The first-order valence-electron chi connectivity index (χ1n) is 6.44. The minimum absolute atomic E-state index is 0.0289. The van der Waals surface area contributed by atoms with E-state index in [-0.39, 0.29) is 30.8 Å². The monoisotopic (exact) mass is 258 g/mol. The second-order valence-electron chi connectivity index (χ2n) is 4.80. The van der Waals surface area contributed by atoms with Gasteiger partial charge in [0.1, 0.15) is 6.04 Å². The molecule has 104 valence electrons. The second kappa shape index (κ2) is 7.33. The van der Waals surface area contributed by atoms with E-state index >= 15 is 0 Å². The molecule has 1 fully saturated rings. The largest absolute Gasteiger partial charge is 0.480 e. The van der Waals surface area contributed by atoms with E-state index in [0.29, 0.717) is 6.54 Å². The van der Waals surface area contributed by atoms with Gasteiger partial charge >= 0.3 is 5.97 Å². The summed E-state index contributed by atoms with van der Waals surface area (Å²) in [5.41, 5.74) is 5.64. The van der Waals surface area contributed by atoms with Gasteiger partial charge in [-0.3, -0.25) is 4.79 Å². The molecule has 0 spiro atoms. The lowest BCUT2D eigenvalue weighted by atomic mass is 9.78. The zero-order chi connectivity index (χ0) is 13.5. The van der Waals surface area contributed by atoms with E-state index in [0.717, 1.165) is 25.7 Å². The van der Waals surface area contributed by atoms with Gasteiger partial charge in [0, 0.05) is 18.9 Å². The lowest BCUT2D eigenvalue weighted by Gasteiger charge is -2.30. The van der Waals surface area contributed by atoms with E-state index in [1.807, 2.05) is 0 Å². The summed E-state index contributed by atoms with van der Waals surface area (Å²) in [5.74, 6) is -1.41. The molecule has 0 radical (unpaired) electrons. The van der Waals surface area contributed by atoms with Gasteiger partial charge in [-0.2, -0.15) is 0 Å². The van der Waals surface area contributed by atoms with Crippen LogP contribution in [0.2, 0.25) is 0 Å². The van der Waals surface area contributed by atoms with Crippen molar-refractivity contribution in [3.05, 3.63) is 0 Å². The quantitative estimate of drug-likeness (QED) is 0.522. The molecule has 3 unspecified atom stereocenters. The van der Waals surface area contributed by atoms with Crippen LogP contribution in [-0.4, -0.2) is 41.3 Å². The third kappa shape index (κ3) is 3.96. The molecule has 0 aliphatic heterocycles. The zero-order valence-electron chi connectivity index (χ0n) is 10.5. The lowest BCUT2D eigenvalue weighted by molar-refractivity contribution is -0.143. The Balaban J connectivity index is 2.58. The van der Waals surface area contributed by atoms with Gasteiger partial charge in [-0.05, 0) is 25.3 Å². The van der Waals surface area contributed by atoms with Crippen molar-refractivity contribution in [1.29, 1.82) is 0 Å². The van der Waals surface area contributed by atoms with Crippen molar-refractivity contribution < 1.29 is 19.8 Å². The third-order valence-corrected chi connectivity index (χ3v) is 3.58. The Morgan fingerprint density at radius 3 is 2.56 bits per heavy atom. The van der Waals surface area contributed by atoms with Gasteiger partial charge in [0.2, 0.25) is 5.91 Å². The maximum atomic E-state index is 12.0. The number of aliphatic carboxylic acids is 1. The lowest BCUT2D eigenvalue weighted by Crippen LogP contribution is -2.47. The number of rotatable bonds is 6. The second-order valence-corrected chi connectivity index (χ2v) is 4.80. The van der Waals surface area contributed by atoms with E-state index in [4.69, 9.17) is 15.9 Å². The topological polar surface area (TPSA) is 113 Å². The molecule has 1 saturated carbocycles. The Morgan fingerprint density at radius 2 is 2.00 bits per heavy atom. The molecular weight excluding hydrogens is 236 g/mol. The number of nitrogens with one attached hydrogen (secondary N) is 1. The number of aliphatic hydroxyl groups is 1. The fourth-order valence-corrected chi connectivity index (χ4v) is 2.50. The molecule has 0 saturated heterocycles. The van der Waals surface area contributed by atoms with Crippen molar-refractivity contribution in [2.45, 2.75) is 38.1 Å². The molecule has 0 aromatic carbocycles. The summed E-state index contributed by atoms with van der Waals surface area (Å²) in [6.07, 6.45) is 3.77. The Labute approximate surface area is 107 Å². The van der Waals surface area contributed by atoms with Crippen LogP contribution in [0.3, 0.4) is 0 Å². The van der Waals surface area contributed by atoms with Gasteiger partial charge in [0.15, 0.2) is 0 Å². The van der Waals surface area contributed by atoms with Crippen LogP contribution in [0.15, 0.2) is 0 Å². The number of amides is 1. The molecule has 18 heavy (non-hydrogen) atoms. The number of carbonyl (C=O) groups excluding carboxylic acids is 1. The van der Waals surface area contributed by atoms with Gasteiger partial charge in [0.25, 0.3) is 0 Å². The van der Waals surface area contributed by atoms with Gasteiger partial charge in [0.05, 0.1) is 0 Å². The van der Waals surface area contributed by atoms with Gasteiger partial charge in [-0.25, -0.2) is 4.79 Å². The minimum Gasteiger partial charge on any atom is -0.480 e. The average molecular weight is 258 g/mol. The predicted octanol–water partition coefficient (Wildman–Crippen LogP) is -0.297. The normalized spacial score (nSPS) is 25.4. The molecule has 0 aromatic rings. The van der Waals surface area contributed by atoms with Crippen molar-refractivity contribution in [2.24, 2.45) is 17.6 Å². The number of hydrogen-bond acceptors (Lipinski definition) is 4. The van der Waals surface area contributed by atoms with E-state index in [9.17, 15) is 9.59 Å². The molecule has 1 aliphatic carbocycles. The van der Waals surface area contributed by atoms with Crippen LogP contribution >= 0.6 is 0 Å². The molecule has 1 amide bonds. The number of carboxylic acid groups (broad SMARTS) is 1. The van der Waals surface area contributed by atoms with Gasteiger partial charge in [-0.1, -0.05) is 12.8 Å². The smallest absolute Gasteiger partial charge is 0.326 e. The highest BCUT2D eigenvalue weighted by atomic mass is 16.4. The predicted molar refractivity (Wildman–Crippen MR) is 65.8 cm³/mol. The summed E-state index contributed by atoms with van der Waals surface area (Å²) >= 11 is 0. The summed E-state index contributed by atoms with van der Waals surface area (Å²) in [6, 6.07) is -1.01. The van der Waals surface area contributed by atoms with Crippen molar-refractivity contribution in [3.8, 4) is 0 Å². The number of aliphatic hydroxyl groups excluding tert-OH is 1. The van der Waals surface area contributed by atoms with Crippen molar-refractivity contribution in [1.82, 2.24) is 5.32 Å². The highest BCUT2D eigenvalue weighted by Crippen LogP contribution is 2.29. The SMILES string of the molecule is NCC1CCCCC1C(=O)NC(CCO)C(=O)O. The molecule has 0 bridgehead atoms. The van der Waals surface area contributed by atoms with Crippen molar-refractivity contribution in [2.75, 3.05) is 13.2 Å². The maximum Gasteiger partial charge on any atom is 0.326 e. The van der Waals surface area contributed by atoms with Gasteiger partial charge in [-0.15, -0.1) is 0 Å². The first kappa shape index (κ1) is 14.9. The summed E-state index contributed by atoms with van der Waals surface area (Å²) < 4.78 is 0. The molecule has 5 N–H and O–H groups in total. The fourth-order valence-electron chi connectivity index (χ4n) is 2.50. The Morgan fingerprint density at radius 1 is 1.33 bits per heavy atom. The fraction of sp³-hybridized carbons (Fsp3) is 0.833. The van der Waals surface area contributed by atoms with Crippen LogP contribution in [0.4, 0.5) is 0 Å². The minimum atomic E-state index is -1.11. The van der Waals surface area contributed by atoms with Gasteiger partial charge < -0.3 is 21.3 Å². The van der Waals surface area contributed by atoms with E-state index in [1.54, 1.807) is 0 Å². The number of carbonyl (C=O) groups is 2. The van der Waals surface area contributed by atoms with Crippen molar-refractivity contribution in [3.63, 3.8) is 0 Å². The molecule has 0 heterocycles. The molecule has 1 aliphatic rings. The summed E-state index contributed by atoms with van der Waals surface area (Å²) in [5, 5.41) is 20.2. The molecule has 3 atom stereocenters. The highest BCUT2D eigenvalue weighted by Gasteiger charge is 2.32. The van der Waals surface area contributed by atoms with E-state index < -0.39 is 12.0 Å². The average Bonchev–Trinajstić information content (AvgIpc) is 2.37. The highest BCUT2D eigenvalue weighted by molar-refractivity contribution is 5.85.